The minimum Gasteiger partial charge on any atom is -0.493 e. The average Bonchev–Trinajstić information content (AvgIpc) is 2.78. The molecular weight excluding hydrogens is 386 g/mol. The molecule has 0 radical (unpaired) electrons. The molecule has 2 aliphatic rings. The number of carbonyl (C=O) groups excluding carboxylic acids is 1. The lowest BCUT2D eigenvalue weighted by Gasteiger charge is -2.44. The van der Waals surface area contributed by atoms with Crippen LogP contribution in [0.15, 0.2) is 60.7 Å². The fourth-order valence-electron chi connectivity index (χ4n) is 5.09. The van der Waals surface area contributed by atoms with Crippen molar-refractivity contribution >= 4 is 16.7 Å². The number of esters is 1. The Balaban J connectivity index is 1.24. The van der Waals surface area contributed by atoms with Gasteiger partial charge in [0.15, 0.2) is 0 Å². The van der Waals surface area contributed by atoms with Crippen molar-refractivity contribution in [3.8, 4) is 5.75 Å². The van der Waals surface area contributed by atoms with Crippen molar-refractivity contribution in [3.05, 3.63) is 77.4 Å². The first-order valence-electron chi connectivity index (χ1n) is 11.2. The van der Waals surface area contributed by atoms with Crippen LogP contribution in [0.1, 0.15) is 23.1 Å². The number of likely N-dealkylation sites (tertiary alicyclic amines) is 1. The molecule has 31 heavy (non-hydrogen) atoms. The molecule has 0 bridgehead atoms. The fraction of sp³-hybridized carbons (Fsp3) is 0.370. The second kappa shape index (κ2) is 8.72. The number of aryl methyl sites for hydroxylation is 1. The monoisotopic (exact) mass is 415 g/mol. The molecule has 0 spiro atoms. The molecule has 0 amide bonds. The lowest BCUT2D eigenvalue weighted by Crippen LogP contribution is -2.56. The number of hydrogen-bond acceptors (Lipinski definition) is 4. The van der Waals surface area contributed by atoms with E-state index in [2.05, 4.69) is 65.6 Å². The van der Waals surface area contributed by atoms with Crippen molar-refractivity contribution in [3.63, 3.8) is 0 Å². The van der Waals surface area contributed by atoms with Crippen LogP contribution in [0.5, 0.6) is 5.75 Å². The first-order chi connectivity index (χ1) is 15.2. The second-order valence-electron chi connectivity index (χ2n) is 8.70. The van der Waals surface area contributed by atoms with Gasteiger partial charge in [0.2, 0.25) is 0 Å². The van der Waals surface area contributed by atoms with Crippen LogP contribution in [0.2, 0.25) is 0 Å². The molecule has 3 aromatic rings. The van der Waals surface area contributed by atoms with Gasteiger partial charge in [-0.1, -0.05) is 54.6 Å². The summed E-state index contributed by atoms with van der Waals surface area (Å²) in [5.41, 5.74) is 4.08. The van der Waals surface area contributed by atoms with Gasteiger partial charge in [-0.2, -0.15) is 0 Å². The standard InChI is InChI=1S/C27H29NO3/c1-30-27(29)22-17-28(18-22)23-13-12-20-9-5-11-26(25(20)16-23)31-15-14-21-8-4-7-19-6-2-3-10-24(19)21/h2-11,22-23H,12-18H2,1H3. The number of fused-ring (bicyclic) bond motifs is 2. The van der Waals surface area contributed by atoms with Crippen LogP contribution in [-0.2, 0) is 28.8 Å². The highest BCUT2D eigenvalue weighted by atomic mass is 16.5. The summed E-state index contributed by atoms with van der Waals surface area (Å²) in [6.07, 6.45) is 4.09. The van der Waals surface area contributed by atoms with E-state index in [-0.39, 0.29) is 11.9 Å². The first kappa shape index (κ1) is 20.1. The van der Waals surface area contributed by atoms with Crippen LogP contribution >= 0.6 is 0 Å². The van der Waals surface area contributed by atoms with Gasteiger partial charge in [-0.15, -0.1) is 0 Å². The summed E-state index contributed by atoms with van der Waals surface area (Å²) in [6.45, 7) is 2.30. The molecule has 3 aromatic carbocycles. The molecule has 1 fully saturated rings. The molecule has 5 rings (SSSR count). The molecule has 1 heterocycles. The van der Waals surface area contributed by atoms with Crippen LogP contribution in [0, 0.1) is 5.92 Å². The van der Waals surface area contributed by atoms with Crippen LogP contribution in [-0.4, -0.2) is 43.7 Å². The summed E-state index contributed by atoms with van der Waals surface area (Å²) in [5.74, 6) is 0.982. The molecule has 1 atom stereocenters. The molecule has 1 saturated heterocycles. The van der Waals surface area contributed by atoms with Gasteiger partial charge in [0, 0.05) is 25.6 Å². The third kappa shape index (κ3) is 4.05. The van der Waals surface area contributed by atoms with E-state index in [1.807, 2.05) is 0 Å². The zero-order chi connectivity index (χ0) is 21.2. The first-order valence-corrected chi connectivity index (χ1v) is 11.2. The summed E-state index contributed by atoms with van der Waals surface area (Å²) >= 11 is 0. The van der Waals surface area contributed by atoms with E-state index >= 15 is 0 Å². The number of benzene rings is 3. The van der Waals surface area contributed by atoms with E-state index in [9.17, 15) is 4.79 Å². The quantitative estimate of drug-likeness (QED) is 0.559. The molecule has 1 aliphatic heterocycles. The van der Waals surface area contributed by atoms with Gasteiger partial charge in [-0.05, 0) is 52.8 Å². The van der Waals surface area contributed by atoms with Gasteiger partial charge in [0.25, 0.3) is 0 Å². The van der Waals surface area contributed by atoms with Gasteiger partial charge < -0.3 is 9.47 Å². The van der Waals surface area contributed by atoms with Crippen LogP contribution in [0.3, 0.4) is 0 Å². The highest BCUT2D eigenvalue weighted by Gasteiger charge is 2.38. The minimum atomic E-state index is -0.0788. The van der Waals surface area contributed by atoms with Crippen LogP contribution in [0.4, 0.5) is 0 Å². The Labute approximate surface area is 183 Å². The number of ether oxygens (including phenoxy) is 2. The molecule has 1 aliphatic carbocycles. The maximum absolute atomic E-state index is 11.7. The van der Waals surface area contributed by atoms with Gasteiger partial charge in [0.05, 0.1) is 19.6 Å². The van der Waals surface area contributed by atoms with Crippen molar-refractivity contribution in [1.82, 2.24) is 4.90 Å². The summed E-state index contributed by atoms with van der Waals surface area (Å²) in [4.78, 5) is 14.2. The molecular formula is C27H29NO3. The van der Waals surface area contributed by atoms with Crippen LogP contribution in [0.25, 0.3) is 10.8 Å². The van der Waals surface area contributed by atoms with Gasteiger partial charge in [-0.25, -0.2) is 0 Å². The highest BCUT2D eigenvalue weighted by molar-refractivity contribution is 5.85. The second-order valence-corrected chi connectivity index (χ2v) is 8.70. The molecule has 0 N–H and O–H groups in total. The SMILES string of the molecule is COC(=O)C1CN(C2CCc3cccc(OCCc4cccc5ccccc45)c3C2)C1. The lowest BCUT2D eigenvalue weighted by molar-refractivity contribution is -0.152. The fourth-order valence-corrected chi connectivity index (χ4v) is 5.09. The van der Waals surface area contributed by atoms with Gasteiger partial charge >= 0.3 is 5.97 Å². The third-order valence-electron chi connectivity index (χ3n) is 6.89. The zero-order valence-corrected chi connectivity index (χ0v) is 18.0. The number of carbonyl (C=O) groups is 1. The number of nitrogens with zero attached hydrogens (tertiary/aromatic N) is 1. The van der Waals surface area contributed by atoms with E-state index in [1.54, 1.807) is 0 Å². The number of hydrogen-bond donors (Lipinski definition) is 0. The Hall–Kier alpha value is -2.85. The van der Waals surface area contributed by atoms with E-state index in [1.165, 1.54) is 34.6 Å². The normalized spacial score (nSPS) is 18.9. The summed E-state index contributed by atoms with van der Waals surface area (Å²) in [6, 6.07) is 22.0. The Kier molecular flexibility index (Phi) is 5.65. The maximum Gasteiger partial charge on any atom is 0.311 e. The highest BCUT2D eigenvalue weighted by Crippen LogP contribution is 2.34. The Morgan fingerprint density at radius 3 is 2.71 bits per heavy atom. The molecule has 1 unspecified atom stereocenters. The third-order valence-corrected chi connectivity index (χ3v) is 6.89. The Morgan fingerprint density at radius 2 is 1.84 bits per heavy atom. The van der Waals surface area contributed by atoms with Crippen molar-refractivity contribution in [2.75, 3.05) is 26.8 Å². The Morgan fingerprint density at radius 1 is 1.03 bits per heavy atom. The largest absolute Gasteiger partial charge is 0.493 e. The molecule has 4 heteroatoms. The predicted molar refractivity (Wildman–Crippen MR) is 122 cm³/mol. The number of methoxy groups -OCH3 is 1. The van der Waals surface area contributed by atoms with Gasteiger partial charge in [-0.3, -0.25) is 9.69 Å². The predicted octanol–water partition coefficient (Wildman–Crippen LogP) is 4.42. The average molecular weight is 416 g/mol. The maximum atomic E-state index is 11.7. The van der Waals surface area contributed by atoms with Crippen molar-refractivity contribution in [1.29, 1.82) is 0 Å². The lowest BCUT2D eigenvalue weighted by atomic mass is 9.84. The van der Waals surface area contributed by atoms with Crippen molar-refractivity contribution < 1.29 is 14.3 Å². The van der Waals surface area contributed by atoms with E-state index in [0.29, 0.717) is 12.6 Å². The molecule has 0 saturated carbocycles. The van der Waals surface area contributed by atoms with Crippen molar-refractivity contribution in [2.24, 2.45) is 5.92 Å². The van der Waals surface area contributed by atoms with E-state index in [0.717, 1.165) is 44.5 Å². The summed E-state index contributed by atoms with van der Waals surface area (Å²) in [7, 11) is 1.48. The minimum absolute atomic E-state index is 0.0404. The zero-order valence-electron chi connectivity index (χ0n) is 18.0. The number of rotatable bonds is 6. The Bertz CT molecular complexity index is 1080. The van der Waals surface area contributed by atoms with E-state index < -0.39 is 0 Å². The van der Waals surface area contributed by atoms with Gasteiger partial charge in [0.1, 0.15) is 5.75 Å². The van der Waals surface area contributed by atoms with Crippen LogP contribution < -0.4 is 4.74 Å². The van der Waals surface area contributed by atoms with E-state index in [4.69, 9.17) is 9.47 Å². The molecule has 4 nitrogen and oxygen atoms in total. The molecule has 160 valence electrons. The summed E-state index contributed by atoms with van der Waals surface area (Å²) < 4.78 is 11.2. The smallest absolute Gasteiger partial charge is 0.311 e. The topological polar surface area (TPSA) is 38.8 Å². The summed E-state index contributed by atoms with van der Waals surface area (Å²) in [5, 5.41) is 2.58. The molecule has 0 aromatic heterocycles. The van der Waals surface area contributed by atoms with Crippen molar-refractivity contribution in [2.45, 2.75) is 31.7 Å².